The average Bonchev–Trinajstić information content (AvgIpc) is 2.98. The Labute approximate surface area is 144 Å². The van der Waals surface area contributed by atoms with E-state index < -0.39 is 0 Å². The van der Waals surface area contributed by atoms with Gasteiger partial charge in [0.15, 0.2) is 0 Å². The number of allylic oxidation sites excluding steroid dienone is 1. The maximum Gasteiger partial charge on any atom is 0.229 e. The van der Waals surface area contributed by atoms with Crippen molar-refractivity contribution in [1.29, 1.82) is 5.26 Å². The van der Waals surface area contributed by atoms with Gasteiger partial charge < -0.3 is 10.5 Å². The zero-order valence-electron chi connectivity index (χ0n) is 13.5. The molecule has 0 unspecified atom stereocenters. The molecule has 0 radical (unpaired) electrons. The second-order valence-electron chi connectivity index (χ2n) is 5.76. The Bertz CT molecular complexity index is 1000. The number of hydrogen-bond donors (Lipinski definition) is 1. The molecule has 2 aromatic heterocycles. The van der Waals surface area contributed by atoms with Crippen molar-refractivity contribution in [2.75, 3.05) is 0 Å². The van der Waals surface area contributed by atoms with Gasteiger partial charge in [-0.15, -0.1) is 0 Å². The highest BCUT2D eigenvalue weighted by Gasteiger charge is 2.36. The first kappa shape index (κ1) is 15.0. The fourth-order valence-electron chi connectivity index (χ4n) is 3.14. The minimum absolute atomic E-state index is 0.0981. The van der Waals surface area contributed by atoms with Crippen LogP contribution in [0.15, 0.2) is 66.3 Å². The lowest BCUT2D eigenvalue weighted by Gasteiger charge is -2.24. The van der Waals surface area contributed by atoms with Crippen molar-refractivity contribution in [2.45, 2.75) is 12.8 Å². The first-order valence-electron chi connectivity index (χ1n) is 7.83. The number of nitrogens with two attached hydrogens (primary N) is 1. The molecule has 0 spiro atoms. The van der Waals surface area contributed by atoms with Crippen molar-refractivity contribution in [2.24, 2.45) is 5.73 Å². The largest absolute Gasteiger partial charge is 0.422 e. The highest BCUT2D eigenvalue weighted by molar-refractivity contribution is 5.56. The summed E-state index contributed by atoms with van der Waals surface area (Å²) in [6.45, 7) is 1.90. The summed E-state index contributed by atoms with van der Waals surface area (Å²) < 4.78 is 7.53. The van der Waals surface area contributed by atoms with E-state index in [0.717, 1.165) is 22.5 Å². The number of rotatable bonds is 2. The van der Waals surface area contributed by atoms with Gasteiger partial charge in [-0.05, 0) is 30.7 Å². The lowest BCUT2D eigenvalue weighted by atomic mass is 9.85. The van der Waals surface area contributed by atoms with Gasteiger partial charge in [0.1, 0.15) is 11.6 Å². The lowest BCUT2D eigenvalue weighted by Crippen LogP contribution is -2.22. The summed E-state index contributed by atoms with van der Waals surface area (Å²) in [5.74, 6) is 0.287. The van der Waals surface area contributed by atoms with E-state index in [9.17, 15) is 5.26 Å². The summed E-state index contributed by atoms with van der Waals surface area (Å²) in [5, 5.41) is 14.2. The van der Waals surface area contributed by atoms with Crippen molar-refractivity contribution < 1.29 is 4.74 Å². The molecular weight excluding hydrogens is 314 g/mol. The van der Waals surface area contributed by atoms with E-state index in [1.807, 2.05) is 49.4 Å². The molecule has 0 saturated carbocycles. The summed E-state index contributed by atoms with van der Waals surface area (Å²) in [5.41, 5.74) is 9.80. The third-order valence-electron chi connectivity index (χ3n) is 4.25. The second-order valence-corrected chi connectivity index (χ2v) is 5.76. The van der Waals surface area contributed by atoms with Crippen LogP contribution in [-0.4, -0.2) is 14.8 Å². The summed E-state index contributed by atoms with van der Waals surface area (Å²) in [7, 11) is 0. The van der Waals surface area contributed by atoms with Gasteiger partial charge in [0.05, 0.1) is 22.9 Å². The van der Waals surface area contributed by atoms with Gasteiger partial charge in [-0.3, -0.25) is 4.98 Å². The van der Waals surface area contributed by atoms with Gasteiger partial charge in [-0.2, -0.15) is 10.4 Å². The maximum atomic E-state index is 9.62. The smallest absolute Gasteiger partial charge is 0.229 e. The normalized spacial score (nSPS) is 16.1. The van der Waals surface area contributed by atoms with Crippen molar-refractivity contribution in [3.05, 3.63) is 83.1 Å². The van der Waals surface area contributed by atoms with Crippen LogP contribution in [0.5, 0.6) is 5.88 Å². The fourth-order valence-corrected chi connectivity index (χ4v) is 3.14. The quantitative estimate of drug-likeness (QED) is 0.781. The summed E-state index contributed by atoms with van der Waals surface area (Å²) >= 11 is 0. The van der Waals surface area contributed by atoms with E-state index in [1.165, 1.54) is 0 Å². The highest BCUT2D eigenvalue weighted by atomic mass is 16.5. The van der Waals surface area contributed by atoms with E-state index in [4.69, 9.17) is 10.5 Å². The van der Waals surface area contributed by atoms with Crippen molar-refractivity contribution in [3.63, 3.8) is 0 Å². The predicted octanol–water partition coefficient (Wildman–Crippen LogP) is 2.79. The molecule has 6 heteroatoms. The second kappa shape index (κ2) is 5.80. The van der Waals surface area contributed by atoms with Gasteiger partial charge >= 0.3 is 0 Å². The molecule has 1 aliphatic heterocycles. The SMILES string of the molecule is Cc1nn(-c2ccccc2)c2c1[C@@H](c1cccnc1)C(C#N)=C(N)O2. The van der Waals surface area contributed by atoms with E-state index in [2.05, 4.69) is 16.2 Å². The van der Waals surface area contributed by atoms with Gasteiger partial charge in [0, 0.05) is 12.4 Å². The standard InChI is InChI=1S/C19H15N5O/c1-12-16-17(13-6-5-9-22-11-13)15(10-20)18(21)25-19(16)24(23-12)14-7-3-2-4-8-14/h2-9,11,17H,21H2,1H3/t17-/m0/s1. The minimum Gasteiger partial charge on any atom is -0.422 e. The number of para-hydroxylation sites is 1. The number of benzene rings is 1. The molecule has 0 amide bonds. The average molecular weight is 329 g/mol. The van der Waals surface area contributed by atoms with E-state index in [-0.39, 0.29) is 11.8 Å². The number of hydrogen-bond acceptors (Lipinski definition) is 5. The Morgan fingerprint density at radius 3 is 2.68 bits per heavy atom. The van der Waals surface area contributed by atoms with Crippen LogP contribution in [0, 0.1) is 18.3 Å². The Morgan fingerprint density at radius 2 is 2.00 bits per heavy atom. The van der Waals surface area contributed by atoms with E-state index in [1.54, 1.807) is 17.1 Å². The molecule has 3 heterocycles. The van der Waals surface area contributed by atoms with Gasteiger partial charge in [-0.25, -0.2) is 4.68 Å². The Morgan fingerprint density at radius 1 is 1.20 bits per heavy atom. The summed E-state index contributed by atoms with van der Waals surface area (Å²) in [6.07, 6.45) is 3.44. The molecule has 2 N–H and O–H groups in total. The Kier molecular flexibility index (Phi) is 3.47. The molecule has 122 valence electrons. The zero-order valence-corrected chi connectivity index (χ0v) is 13.5. The molecule has 25 heavy (non-hydrogen) atoms. The number of nitrogens with zero attached hydrogens (tertiary/aromatic N) is 4. The highest BCUT2D eigenvalue weighted by Crippen LogP contribution is 2.44. The molecule has 0 aliphatic carbocycles. The van der Waals surface area contributed by atoms with Crippen LogP contribution in [0.4, 0.5) is 0 Å². The number of aryl methyl sites for hydroxylation is 1. The molecule has 6 nitrogen and oxygen atoms in total. The van der Waals surface area contributed by atoms with Crippen molar-refractivity contribution in [3.8, 4) is 17.6 Å². The van der Waals surface area contributed by atoms with E-state index in [0.29, 0.717) is 11.5 Å². The topological polar surface area (TPSA) is 89.8 Å². The fraction of sp³-hybridized carbons (Fsp3) is 0.105. The number of aromatic nitrogens is 3. The summed E-state index contributed by atoms with van der Waals surface area (Å²) in [4.78, 5) is 4.18. The molecular formula is C19H15N5O. The third-order valence-corrected chi connectivity index (χ3v) is 4.25. The molecule has 0 saturated heterocycles. The first-order chi connectivity index (χ1) is 12.2. The summed E-state index contributed by atoms with van der Waals surface area (Å²) in [6, 6.07) is 15.6. The molecule has 1 atom stereocenters. The van der Waals surface area contributed by atoms with Crippen LogP contribution in [0.1, 0.15) is 22.7 Å². The van der Waals surface area contributed by atoms with Crippen LogP contribution in [0.2, 0.25) is 0 Å². The maximum absolute atomic E-state index is 9.62. The molecule has 4 rings (SSSR count). The van der Waals surface area contributed by atoms with Crippen LogP contribution >= 0.6 is 0 Å². The predicted molar refractivity (Wildman–Crippen MR) is 91.8 cm³/mol. The van der Waals surface area contributed by atoms with E-state index >= 15 is 0 Å². The Balaban J connectivity index is 1.97. The van der Waals surface area contributed by atoms with Gasteiger partial charge in [0.25, 0.3) is 0 Å². The Hall–Kier alpha value is -3.59. The molecule has 1 aliphatic rings. The van der Waals surface area contributed by atoms with Gasteiger partial charge in [0.2, 0.25) is 11.8 Å². The molecule has 3 aromatic rings. The molecule has 0 bridgehead atoms. The zero-order chi connectivity index (χ0) is 17.4. The first-order valence-corrected chi connectivity index (χ1v) is 7.83. The van der Waals surface area contributed by atoms with Crippen LogP contribution in [-0.2, 0) is 0 Å². The number of nitriles is 1. The molecule has 0 fully saturated rings. The van der Waals surface area contributed by atoms with Crippen LogP contribution in [0.25, 0.3) is 5.69 Å². The minimum atomic E-state index is -0.347. The third kappa shape index (κ3) is 2.34. The van der Waals surface area contributed by atoms with Crippen molar-refractivity contribution >= 4 is 0 Å². The number of fused-ring (bicyclic) bond motifs is 1. The van der Waals surface area contributed by atoms with Crippen molar-refractivity contribution in [1.82, 2.24) is 14.8 Å². The lowest BCUT2D eigenvalue weighted by molar-refractivity contribution is 0.367. The van der Waals surface area contributed by atoms with Crippen LogP contribution < -0.4 is 10.5 Å². The number of ether oxygens (including phenoxy) is 1. The number of pyridine rings is 1. The monoisotopic (exact) mass is 329 g/mol. The van der Waals surface area contributed by atoms with Gasteiger partial charge in [-0.1, -0.05) is 24.3 Å². The van der Waals surface area contributed by atoms with Crippen LogP contribution in [0.3, 0.4) is 0 Å². The molecule has 1 aromatic carbocycles.